The van der Waals surface area contributed by atoms with Gasteiger partial charge in [0, 0.05) is 11.3 Å². The molecule has 0 heterocycles. The SMILES string of the molecule is O=C(NN=C1CCCC1)c1ccc(F)cc1. The van der Waals surface area contributed by atoms with Crippen LogP contribution in [0, 0.1) is 5.82 Å². The minimum atomic E-state index is -0.348. The van der Waals surface area contributed by atoms with Crippen LogP contribution in [0.1, 0.15) is 36.0 Å². The van der Waals surface area contributed by atoms with Crippen LogP contribution in [-0.4, -0.2) is 11.6 Å². The normalized spacial score (nSPS) is 14.9. The molecule has 2 rings (SSSR count). The maximum atomic E-state index is 12.6. The zero-order valence-corrected chi connectivity index (χ0v) is 8.87. The van der Waals surface area contributed by atoms with E-state index < -0.39 is 0 Å². The van der Waals surface area contributed by atoms with Crippen LogP contribution in [-0.2, 0) is 0 Å². The van der Waals surface area contributed by atoms with Crippen molar-refractivity contribution in [3.63, 3.8) is 0 Å². The molecule has 1 aliphatic carbocycles. The van der Waals surface area contributed by atoms with Crippen LogP contribution >= 0.6 is 0 Å². The molecule has 1 aliphatic rings. The first-order valence-electron chi connectivity index (χ1n) is 5.37. The highest BCUT2D eigenvalue weighted by Gasteiger charge is 2.09. The highest BCUT2D eigenvalue weighted by molar-refractivity contribution is 5.95. The van der Waals surface area contributed by atoms with Gasteiger partial charge >= 0.3 is 0 Å². The van der Waals surface area contributed by atoms with E-state index in [0.29, 0.717) is 5.56 Å². The second kappa shape index (κ2) is 4.88. The van der Waals surface area contributed by atoms with Crippen molar-refractivity contribution in [3.8, 4) is 0 Å². The van der Waals surface area contributed by atoms with Gasteiger partial charge in [0.25, 0.3) is 5.91 Å². The molecular weight excluding hydrogens is 207 g/mol. The van der Waals surface area contributed by atoms with E-state index in [1.807, 2.05) is 0 Å². The van der Waals surface area contributed by atoms with Crippen LogP contribution in [0.2, 0.25) is 0 Å². The van der Waals surface area contributed by atoms with Crippen molar-refractivity contribution in [2.75, 3.05) is 0 Å². The maximum Gasteiger partial charge on any atom is 0.271 e. The van der Waals surface area contributed by atoms with Crippen LogP contribution < -0.4 is 5.43 Å². The number of hydrogen-bond donors (Lipinski definition) is 1. The Bertz CT molecular complexity index is 404. The molecule has 1 fully saturated rings. The molecule has 0 radical (unpaired) electrons. The van der Waals surface area contributed by atoms with E-state index in [-0.39, 0.29) is 11.7 Å². The summed E-state index contributed by atoms with van der Waals surface area (Å²) in [5.41, 5.74) is 3.94. The van der Waals surface area contributed by atoms with Crippen molar-refractivity contribution in [3.05, 3.63) is 35.6 Å². The molecule has 0 aromatic heterocycles. The Kier molecular flexibility index (Phi) is 3.29. The standard InChI is InChI=1S/C12H13FN2O/c13-10-7-5-9(6-8-10)12(16)15-14-11-3-1-2-4-11/h5-8H,1-4H2,(H,15,16). The molecule has 0 aliphatic heterocycles. The third-order valence-corrected chi connectivity index (χ3v) is 2.60. The van der Waals surface area contributed by atoms with E-state index in [2.05, 4.69) is 10.5 Å². The van der Waals surface area contributed by atoms with Crippen molar-refractivity contribution >= 4 is 11.6 Å². The van der Waals surface area contributed by atoms with Crippen molar-refractivity contribution < 1.29 is 9.18 Å². The van der Waals surface area contributed by atoms with Gasteiger partial charge in [-0.05, 0) is 49.9 Å². The second-order valence-electron chi connectivity index (χ2n) is 3.83. The molecule has 0 spiro atoms. The number of carbonyl (C=O) groups is 1. The number of hydrazone groups is 1. The molecule has 3 nitrogen and oxygen atoms in total. The van der Waals surface area contributed by atoms with E-state index in [1.54, 1.807) is 0 Å². The smallest absolute Gasteiger partial charge is 0.267 e. The average Bonchev–Trinajstić information content (AvgIpc) is 2.80. The summed E-state index contributed by atoms with van der Waals surface area (Å²) in [6.07, 6.45) is 4.21. The summed E-state index contributed by atoms with van der Waals surface area (Å²) in [4.78, 5) is 11.6. The van der Waals surface area contributed by atoms with Crippen molar-refractivity contribution in [1.82, 2.24) is 5.43 Å². The number of halogens is 1. The van der Waals surface area contributed by atoms with Gasteiger partial charge in [-0.25, -0.2) is 9.82 Å². The first-order valence-corrected chi connectivity index (χ1v) is 5.37. The first-order chi connectivity index (χ1) is 7.75. The third-order valence-electron chi connectivity index (χ3n) is 2.60. The Balaban J connectivity index is 1.97. The van der Waals surface area contributed by atoms with Gasteiger partial charge in [-0.15, -0.1) is 0 Å². The van der Waals surface area contributed by atoms with E-state index in [1.165, 1.54) is 24.3 Å². The van der Waals surface area contributed by atoms with Gasteiger partial charge < -0.3 is 0 Å². The minimum Gasteiger partial charge on any atom is -0.267 e. The zero-order valence-electron chi connectivity index (χ0n) is 8.87. The molecule has 0 atom stereocenters. The fraction of sp³-hybridized carbons (Fsp3) is 0.333. The number of hydrogen-bond acceptors (Lipinski definition) is 2. The fourth-order valence-corrected chi connectivity index (χ4v) is 1.69. The van der Waals surface area contributed by atoms with Gasteiger partial charge in [0.05, 0.1) is 0 Å². The topological polar surface area (TPSA) is 41.5 Å². The van der Waals surface area contributed by atoms with Crippen molar-refractivity contribution in [2.24, 2.45) is 5.10 Å². The summed E-state index contributed by atoms with van der Waals surface area (Å²) in [5, 5.41) is 4.05. The molecule has 0 saturated heterocycles. The van der Waals surface area contributed by atoms with Crippen LogP contribution in [0.5, 0.6) is 0 Å². The Morgan fingerprint density at radius 2 is 1.81 bits per heavy atom. The van der Waals surface area contributed by atoms with Gasteiger partial charge in [0.1, 0.15) is 5.82 Å². The Labute approximate surface area is 93.4 Å². The largest absolute Gasteiger partial charge is 0.271 e. The summed E-state index contributed by atoms with van der Waals surface area (Å²) in [5.74, 6) is -0.641. The molecule has 1 N–H and O–H groups in total. The highest BCUT2D eigenvalue weighted by atomic mass is 19.1. The second-order valence-corrected chi connectivity index (χ2v) is 3.83. The lowest BCUT2D eigenvalue weighted by atomic mass is 10.2. The maximum absolute atomic E-state index is 12.6. The molecule has 16 heavy (non-hydrogen) atoms. The lowest BCUT2D eigenvalue weighted by molar-refractivity contribution is 0.0954. The Hall–Kier alpha value is -1.71. The Morgan fingerprint density at radius 1 is 1.19 bits per heavy atom. The number of nitrogens with one attached hydrogen (secondary N) is 1. The van der Waals surface area contributed by atoms with Gasteiger partial charge in [-0.1, -0.05) is 0 Å². The number of benzene rings is 1. The van der Waals surface area contributed by atoms with Gasteiger partial charge in [-0.3, -0.25) is 4.79 Å². The molecule has 4 heteroatoms. The molecule has 1 amide bonds. The van der Waals surface area contributed by atoms with Gasteiger partial charge in [-0.2, -0.15) is 5.10 Å². The van der Waals surface area contributed by atoms with Crippen molar-refractivity contribution in [2.45, 2.75) is 25.7 Å². The zero-order chi connectivity index (χ0) is 11.4. The molecule has 0 unspecified atom stereocenters. The summed E-state index contributed by atoms with van der Waals surface area (Å²) in [6, 6.07) is 5.41. The molecule has 0 bridgehead atoms. The van der Waals surface area contributed by atoms with Crippen LogP contribution in [0.4, 0.5) is 4.39 Å². The number of amides is 1. The predicted molar refractivity (Wildman–Crippen MR) is 59.8 cm³/mol. The van der Waals surface area contributed by atoms with Gasteiger partial charge in [0.2, 0.25) is 0 Å². The lowest BCUT2D eigenvalue weighted by Crippen LogP contribution is -2.18. The van der Waals surface area contributed by atoms with Crippen LogP contribution in [0.15, 0.2) is 29.4 Å². The summed E-state index contributed by atoms with van der Waals surface area (Å²) < 4.78 is 12.6. The fourth-order valence-electron chi connectivity index (χ4n) is 1.69. The minimum absolute atomic E-state index is 0.292. The highest BCUT2D eigenvalue weighted by Crippen LogP contribution is 2.14. The summed E-state index contributed by atoms with van der Waals surface area (Å²) in [7, 11) is 0. The molecule has 84 valence electrons. The first kappa shape index (κ1) is 10.8. The Morgan fingerprint density at radius 3 is 2.44 bits per heavy atom. The average molecular weight is 220 g/mol. The van der Waals surface area contributed by atoms with E-state index in [9.17, 15) is 9.18 Å². The lowest BCUT2D eigenvalue weighted by Gasteiger charge is -2.00. The summed E-state index contributed by atoms with van der Waals surface area (Å²) in [6.45, 7) is 0. The number of rotatable bonds is 2. The quantitative estimate of drug-likeness (QED) is 0.764. The van der Waals surface area contributed by atoms with Gasteiger partial charge in [0.15, 0.2) is 0 Å². The number of nitrogens with zero attached hydrogens (tertiary/aromatic N) is 1. The molecule has 1 aromatic rings. The van der Waals surface area contributed by atoms with Crippen LogP contribution in [0.25, 0.3) is 0 Å². The van der Waals surface area contributed by atoms with Crippen LogP contribution in [0.3, 0.4) is 0 Å². The number of carbonyl (C=O) groups excluding carboxylic acids is 1. The van der Waals surface area contributed by atoms with E-state index in [0.717, 1.165) is 31.4 Å². The summed E-state index contributed by atoms with van der Waals surface area (Å²) >= 11 is 0. The predicted octanol–water partition coefficient (Wildman–Crippen LogP) is 2.49. The molecule has 1 aromatic carbocycles. The molecular formula is C12H13FN2O. The third kappa shape index (κ3) is 2.66. The van der Waals surface area contributed by atoms with Crippen molar-refractivity contribution in [1.29, 1.82) is 0 Å². The van der Waals surface area contributed by atoms with E-state index >= 15 is 0 Å². The molecule has 1 saturated carbocycles. The monoisotopic (exact) mass is 220 g/mol. The van der Waals surface area contributed by atoms with E-state index in [4.69, 9.17) is 0 Å².